The highest BCUT2D eigenvalue weighted by Gasteiger charge is 2.27. The fourth-order valence-corrected chi connectivity index (χ4v) is 3.48. The Hall–Kier alpha value is -3.25. The zero-order valence-corrected chi connectivity index (χ0v) is 16.4. The van der Waals surface area contributed by atoms with Crippen LogP contribution in [0.15, 0.2) is 66.9 Å². The molecule has 0 saturated carbocycles. The summed E-state index contributed by atoms with van der Waals surface area (Å²) in [7, 11) is 1.79. The lowest BCUT2D eigenvalue weighted by atomic mass is 10.1. The van der Waals surface area contributed by atoms with E-state index in [9.17, 15) is 4.79 Å². The number of nitrogens with zero attached hydrogens (tertiary/aromatic N) is 3. The van der Waals surface area contributed by atoms with Gasteiger partial charge >= 0.3 is 0 Å². The predicted octanol–water partition coefficient (Wildman–Crippen LogP) is 3.32. The molecule has 3 heterocycles. The summed E-state index contributed by atoms with van der Waals surface area (Å²) in [6, 6.07) is 19.8. The normalized spacial score (nSPS) is 16.4. The van der Waals surface area contributed by atoms with Gasteiger partial charge in [0.1, 0.15) is 11.9 Å². The van der Waals surface area contributed by atoms with E-state index in [4.69, 9.17) is 9.72 Å². The fourth-order valence-electron chi connectivity index (χ4n) is 3.48. The molecule has 4 rings (SSSR count). The molecule has 1 aliphatic heterocycles. The molecule has 1 saturated heterocycles. The lowest BCUT2D eigenvalue weighted by molar-refractivity contribution is -0.0247. The van der Waals surface area contributed by atoms with Crippen LogP contribution in [0.4, 0.5) is 5.82 Å². The third-order valence-corrected chi connectivity index (χ3v) is 5.00. The first-order valence-electron chi connectivity index (χ1n) is 9.77. The lowest BCUT2D eigenvalue weighted by Gasteiger charge is -2.33. The average molecular weight is 388 g/mol. The molecule has 1 amide bonds. The van der Waals surface area contributed by atoms with Gasteiger partial charge in [0.2, 0.25) is 0 Å². The third kappa shape index (κ3) is 4.60. The van der Waals surface area contributed by atoms with Crippen LogP contribution in [-0.4, -0.2) is 47.5 Å². The first kappa shape index (κ1) is 19.1. The van der Waals surface area contributed by atoms with Crippen LogP contribution < -0.4 is 5.32 Å². The topological polar surface area (TPSA) is 67.4 Å². The van der Waals surface area contributed by atoms with Crippen LogP contribution in [0.25, 0.3) is 0 Å². The smallest absolute Gasteiger partial charge is 0.254 e. The van der Waals surface area contributed by atoms with Crippen molar-refractivity contribution in [3.63, 3.8) is 0 Å². The molecule has 6 nitrogen and oxygen atoms in total. The molecule has 1 aromatic carbocycles. The maximum atomic E-state index is 12.9. The quantitative estimate of drug-likeness (QED) is 0.726. The van der Waals surface area contributed by atoms with Gasteiger partial charge < -0.3 is 15.0 Å². The van der Waals surface area contributed by atoms with E-state index < -0.39 is 0 Å². The van der Waals surface area contributed by atoms with Gasteiger partial charge in [-0.1, -0.05) is 36.4 Å². The number of hydrogen-bond acceptors (Lipinski definition) is 5. The second kappa shape index (κ2) is 8.84. The van der Waals surface area contributed by atoms with Crippen molar-refractivity contribution in [3.8, 4) is 0 Å². The van der Waals surface area contributed by atoms with Gasteiger partial charge in [0.25, 0.3) is 5.91 Å². The van der Waals surface area contributed by atoms with E-state index in [2.05, 4.69) is 22.4 Å². The third-order valence-electron chi connectivity index (χ3n) is 5.00. The molecule has 0 bridgehead atoms. The Morgan fingerprint density at radius 3 is 2.86 bits per heavy atom. The molecular formula is C23H24N4O2. The summed E-state index contributed by atoms with van der Waals surface area (Å²) in [5.74, 6) is 0.661. The van der Waals surface area contributed by atoms with Crippen molar-refractivity contribution in [2.24, 2.45) is 0 Å². The summed E-state index contributed by atoms with van der Waals surface area (Å²) in [5.41, 5.74) is 3.70. The number of aromatic nitrogens is 2. The number of hydrogen-bond donors (Lipinski definition) is 1. The zero-order valence-electron chi connectivity index (χ0n) is 16.4. The van der Waals surface area contributed by atoms with Crippen LogP contribution in [0.3, 0.4) is 0 Å². The second-order valence-electron chi connectivity index (χ2n) is 7.01. The van der Waals surface area contributed by atoms with Crippen LogP contribution in [0, 0.1) is 0 Å². The van der Waals surface area contributed by atoms with E-state index in [-0.39, 0.29) is 12.0 Å². The van der Waals surface area contributed by atoms with Gasteiger partial charge in [0, 0.05) is 37.5 Å². The van der Waals surface area contributed by atoms with E-state index in [0.717, 1.165) is 17.8 Å². The van der Waals surface area contributed by atoms with E-state index >= 15 is 0 Å². The van der Waals surface area contributed by atoms with Crippen molar-refractivity contribution in [1.82, 2.24) is 14.9 Å². The first-order chi connectivity index (χ1) is 14.2. The van der Waals surface area contributed by atoms with Crippen molar-refractivity contribution in [2.75, 3.05) is 32.1 Å². The first-order valence-corrected chi connectivity index (χ1v) is 9.77. The van der Waals surface area contributed by atoms with Gasteiger partial charge in [0.05, 0.1) is 18.8 Å². The molecule has 29 heavy (non-hydrogen) atoms. The number of carbonyl (C=O) groups excluding carboxylic acids is 1. The highest BCUT2D eigenvalue weighted by Crippen LogP contribution is 2.23. The minimum Gasteiger partial charge on any atom is -0.373 e. The molecule has 1 N–H and O–H groups in total. The monoisotopic (exact) mass is 388 g/mol. The standard InChI is InChI=1S/C23H24N4O2/c1-24-22-15-18(10-11-25-22)23(28)27-12-13-29-21(16-27)20-9-5-8-19(26-20)14-17-6-3-2-4-7-17/h2-11,15,21H,12-14,16H2,1H3,(H,24,25). The summed E-state index contributed by atoms with van der Waals surface area (Å²) in [5, 5.41) is 2.97. The van der Waals surface area contributed by atoms with Crippen LogP contribution >= 0.6 is 0 Å². The van der Waals surface area contributed by atoms with E-state index in [1.807, 2.05) is 41.3 Å². The van der Waals surface area contributed by atoms with Crippen LogP contribution in [0.1, 0.15) is 33.4 Å². The van der Waals surface area contributed by atoms with E-state index in [1.165, 1.54) is 5.56 Å². The summed E-state index contributed by atoms with van der Waals surface area (Å²) in [6.45, 7) is 1.54. The van der Waals surface area contributed by atoms with Gasteiger partial charge in [-0.05, 0) is 29.8 Å². The molecule has 0 radical (unpaired) electrons. The number of morpholine rings is 1. The van der Waals surface area contributed by atoms with Crippen LogP contribution in [0.5, 0.6) is 0 Å². The lowest BCUT2D eigenvalue weighted by Crippen LogP contribution is -2.42. The van der Waals surface area contributed by atoms with Crippen molar-refractivity contribution < 1.29 is 9.53 Å². The SMILES string of the molecule is CNc1cc(C(=O)N2CCOC(c3cccc(Cc4ccccc4)n3)C2)ccn1. The summed E-state index contributed by atoms with van der Waals surface area (Å²) in [4.78, 5) is 23.8. The maximum absolute atomic E-state index is 12.9. The summed E-state index contributed by atoms with van der Waals surface area (Å²) < 4.78 is 5.95. The number of pyridine rings is 2. The number of ether oxygens (including phenoxy) is 1. The predicted molar refractivity (Wildman–Crippen MR) is 112 cm³/mol. The van der Waals surface area contributed by atoms with Crippen LogP contribution in [0.2, 0.25) is 0 Å². The van der Waals surface area contributed by atoms with Crippen LogP contribution in [-0.2, 0) is 11.2 Å². The molecular weight excluding hydrogens is 364 g/mol. The van der Waals surface area contributed by atoms with Crippen molar-refractivity contribution >= 4 is 11.7 Å². The summed E-state index contributed by atoms with van der Waals surface area (Å²) in [6.07, 6.45) is 2.19. The largest absolute Gasteiger partial charge is 0.373 e. The molecule has 3 aromatic rings. The Morgan fingerprint density at radius 2 is 2.03 bits per heavy atom. The van der Waals surface area contributed by atoms with E-state index in [0.29, 0.717) is 31.1 Å². The molecule has 0 aliphatic carbocycles. The van der Waals surface area contributed by atoms with Crippen molar-refractivity contribution in [3.05, 3.63) is 89.4 Å². The number of rotatable bonds is 5. The Bertz CT molecular complexity index is 977. The minimum absolute atomic E-state index is 0.0161. The molecule has 148 valence electrons. The van der Waals surface area contributed by atoms with Crippen molar-refractivity contribution in [1.29, 1.82) is 0 Å². The van der Waals surface area contributed by atoms with Gasteiger partial charge in [-0.3, -0.25) is 9.78 Å². The maximum Gasteiger partial charge on any atom is 0.254 e. The van der Waals surface area contributed by atoms with Gasteiger partial charge in [-0.2, -0.15) is 0 Å². The van der Waals surface area contributed by atoms with Gasteiger partial charge in [-0.15, -0.1) is 0 Å². The Labute approximate surface area is 170 Å². The zero-order chi connectivity index (χ0) is 20.1. The van der Waals surface area contributed by atoms with Gasteiger partial charge in [0.15, 0.2) is 0 Å². The number of anilines is 1. The molecule has 1 atom stereocenters. The molecule has 6 heteroatoms. The number of benzene rings is 1. The Kier molecular flexibility index (Phi) is 5.81. The highest BCUT2D eigenvalue weighted by atomic mass is 16.5. The van der Waals surface area contributed by atoms with Gasteiger partial charge in [-0.25, -0.2) is 4.98 Å². The van der Waals surface area contributed by atoms with E-state index in [1.54, 1.807) is 25.4 Å². The van der Waals surface area contributed by atoms with Crippen molar-refractivity contribution in [2.45, 2.75) is 12.5 Å². The molecule has 1 unspecified atom stereocenters. The number of amides is 1. The molecule has 1 aliphatic rings. The minimum atomic E-state index is -0.228. The second-order valence-corrected chi connectivity index (χ2v) is 7.01. The fraction of sp³-hybridized carbons (Fsp3) is 0.261. The summed E-state index contributed by atoms with van der Waals surface area (Å²) >= 11 is 0. The molecule has 1 fully saturated rings. The number of carbonyl (C=O) groups is 1. The Balaban J connectivity index is 1.48. The number of nitrogens with one attached hydrogen (secondary N) is 1. The molecule has 2 aromatic heterocycles. The Morgan fingerprint density at radius 1 is 1.17 bits per heavy atom. The molecule has 0 spiro atoms. The highest BCUT2D eigenvalue weighted by molar-refractivity contribution is 5.94. The average Bonchev–Trinajstić information content (AvgIpc) is 2.79.